The van der Waals surface area contributed by atoms with Crippen LogP contribution in [0.25, 0.3) is 0 Å². The number of ether oxygens (including phenoxy) is 1. The van der Waals surface area contributed by atoms with E-state index in [0.29, 0.717) is 24.9 Å². The van der Waals surface area contributed by atoms with Crippen molar-refractivity contribution >= 4 is 5.69 Å². The molecule has 148 valence electrons. The van der Waals surface area contributed by atoms with Gasteiger partial charge in [0.25, 0.3) is 0 Å². The second-order valence-electron chi connectivity index (χ2n) is 6.98. The second kappa shape index (κ2) is 8.12. The first-order chi connectivity index (χ1) is 13.7. The Labute approximate surface area is 162 Å². The quantitative estimate of drug-likeness (QED) is 0.850. The monoisotopic (exact) mass is 387 g/mol. The number of pyridine rings is 1. The van der Waals surface area contributed by atoms with Crippen LogP contribution in [0.5, 0.6) is 11.5 Å². The van der Waals surface area contributed by atoms with E-state index in [2.05, 4.69) is 9.99 Å². The number of halogens is 2. The molecule has 1 saturated heterocycles. The maximum Gasteiger partial charge on any atom is 0.203 e. The minimum Gasteiger partial charge on any atom is -0.454 e. The van der Waals surface area contributed by atoms with E-state index in [9.17, 15) is 8.78 Å². The van der Waals surface area contributed by atoms with Gasteiger partial charge in [-0.1, -0.05) is 0 Å². The molecule has 0 saturated carbocycles. The minimum absolute atomic E-state index is 0.156. The number of anilines is 1. The number of benzene rings is 1. The fourth-order valence-corrected chi connectivity index (χ4v) is 3.52. The van der Waals surface area contributed by atoms with E-state index < -0.39 is 11.6 Å². The third kappa shape index (κ3) is 3.79. The SMILES string of the molecule is NCC1CCN(N2C=CN(c3ccc(Oc4ccncc4)c(F)c3F)C2)CC1. The molecule has 28 heavy (non-hydrogen) atoms. The smallest absolute Gasteiger partial charge is 0.203 e. The molecule has 0 amide bonds. The maximum atomic E-state index is 14.7. The third-order valence-corrected chi connectivity index (χ3v) is 5.22. The summed E-state index contributed by atoms with van der Waals surface area (Å²) in [6, 6.07) is 6.14. The molecule has 3 heterocycles. The summed E-state index contributed by atoms with van der Waals surface area (Å²) in [5, 5.41) is 4.25. The zero-order valence-electron chi connectivity index (χ0n) is 15.5. The first-order valence-corrected chi connectivity index (χ1v) is 9.38. The summed E-state index contributed by atoms with van der Waals surface area (Å²) in [6.45, 7) is 2.98. The van der Waals surface area contributed by atoms with Crippen LogP contribution in [0, 0.1) is 17.6 Å². The third-order valence-electron chi connectivity index (χ3n) is 5.22. The van der Waals surface area contributed by atoms with E-state index in [1.807, 2.05) is 11.2 Å². The van der Waals surface area contributed by atoms with Crippen molar-refractivity contribution in [2.75, 3.05) is 31.2 Å². The maximum absolute atomic E-state index is 14.7. The zero-order chi connectivity index (χ0) is 19.5. The molecule has 1 fully saturated rings. The fourth-order valence-electron chi connectivity index (χ4n) is 3.52. The minimum atomic E-state index is -1.01. The van der Waals surface area contributed by atoms with Crippen LogP contribution in [0.1, 0.15) is 12.8 Å². The largest absolute Gasteiger partial charge is 0.454 e. The summed E-state index contributed by atoms with van der Waals surface area (Å²) in [7, 11) is 0. The van der Waals surface area contributed by atoms with Gasteiger partial charge in [0.05, 0.1) is 5.69 Å². The molecule has 0 spiro atoms. The Morgan fingerprint density at radius 2 is 1.79 bits per heavy atom. The van der Waals surface area contributed by atoms with E-state index in [1.54, 1.807) is 23.2 Å². The fraction of sp³-hybridized carbons (Fsp3) is 0.350. The number of aromatic nitrogens is 1. The molecule has 8 heteroatoms. The van der Waals surface area contributed by atoms with Crippen molar-refractivity contribution in [2.45, 2.75) is 12.8 Å². The van der Waals surface area contributed by atoms with Crippen LogP contribution in [0.2, 0.25) is 0 Å². The average Bonchev–Trinajstić information content (AvgIpc) is 3.22. The lowest BCUT2D eigenvalue weighted by Crippen LogP contribution is -2.46. The molecule has 2 N–H and O–H groups in total. The number of nitrogens with two attached hydrogens (primary N) is 1. The molecule has 0 aliphatic carbocycles. The van der Waals surface area contributed by atoms with Gasteiger partial charge in [0.1, 0.15) is 12.4 Å². The van der Waals surface area contributed by atoms with Crippen LogP contribution >= 0.6 is 0 Å². The molecule has 4 rings (SSSR count). The number of piperidine rings is 1. The average molecular weight is 387 g/mol. The Morgan fingerprint density at radius 3 is 2.50 bits per heavy atom. The normalized spacial score (nSPS) is 18.1. The van der Waals surface area contributed by atoms with Gasteiger partial charge in [-0.05, 0) is 49.6 Å². The molecule has 2 aromatic rings. The van der Waals surface area contributed by atoms with E-state index in [-0.39, 0.29) is 11.4 Å². The first-order valence-electron chi connectivity index (χ1n) is 9.38. The van der Waals surface area contributed by atoms with Gasteiger partial charge >= 0.3 is 0 Å². The van der Waals surface area contributed by atoms with E-state index in [4.69, 9.17) is 10.5 Å². The summed E-state index contributed by atoms with van der Waals surface area (Å²) in [4.78, 5) is 5.56. The van der Waals surface area contributed by atoms with Crippen molar-refractivity contribution in [3.63, 3.8) is 0 Å². The molecule has 2 aliphatic rings. The molecule has 0 radical (unpaired) electrons. The van der Waals surface area contributed by atoms with Crippen LogP contribution in [0.4, 0.5) is 14.5 Å². The zero-order valence-corrected chi connectivity index (χ0v) is 15.5. The molecule has 1 aromatic heterocycles. The lowest BCUT2D eigenvalue weighted by Gasteiger charge is -2.38. The predicted molar refractivity (Wildman–Crippen MR) is 102 cm³/mol. The van der Waals surface area contributed by atoms with Gasteiger partial charge in [0.15, 0.2) is 11.6 Å². The summed E-state index contributed by atoms with van der Waals surface area (Å²) < 4.78 is 34.7. The van der Waals surface area contributed by atoms with Crippen molar-refractivity contribution in [1.29, 1.82) is 0 Å². The Bertz CT molecular complexity index is 840. The highest BCUT2D eigenvalue weighted by molar-refractivity contribution is 5.54. The van der Waals surface area contributed by atoms with Gasteiger partial charge in [0.2, 0.25) is 5.82 Å². The number of rotatable bonds is 5. The molecule has 1 aromatic carbocycles. The highest BCUT2D eigenvalue weighted by atomic mass is 19.2. The summed E-state index contributed by atoms with van der Waals surface area (Å²) >= 11 is 0. The van der Waals surface area contributed by atoms with Gasteiger partial charge in [0, 0.05) is 37.9 Å². The van der Waals surface area contributed by atoms with Crippen LogP contribution in [0.15, 0.2) is 49.1 Å². The van der Waals surface area contributed by atoms with E-state index >= 15 is 0 Å². The molecule has 0 unspecified atom stereocenters. The van der Waals surface area contributed by atoms with Gasteiger partial charge in [-0.25, -0.2) is 9.40 Å². The number of nitrogens with zero attached hydrogens (tertiary/aromatic N) is 4. The number of hydrazine groups is 1. The van der Waals surface area contributed by atoms with Crippen molar-refractivity contribution < 1.29 is 13.5 Å². The van der Waals surface area contributed by atoms with Gasteiger partial charge < -0.3 is 15.4 Å². The first kappa shape index (κ1) is 18.6. The van der Waals surface area contributed by atoms with Crippen molar-refractivity contribution in [1.82, 2.24) is 15.0 Å². The summed E-state index contributed by atoms with van der Waals surface area (Å²) in [5.74, 6) is -1.13. The molecular formula is C20H23F2N5O. The molecule has 2 aliphatic heterocycles. The van der Waals surface area contributed by atoms with Crippen LogP contribution in [0.3, 0.4) is 0 Å². The van der Waals surface area contributed by atoms with E-state index in [1.165, 1.54) is 24.5 Å². The lowest BCUT2D eigenvalue weighted by atomic mass is 9.98. The van der Waals surface area contributed by atoms with Gasteiger partial charge in [-0.3, -0.25) is 9.99 Å². The summed E-state index contributed by atoms with van der Waals surface area (Å²) in [6.07, 6.45) is 8.79. The topological polar surface area (TPSA) is 57.9 Å². The molecular weight excluding hydrogens is 364 g/mol. The van der Waals surface area contributed by atoms with E-state index in [0.717, 1.165) is 25.9 Å². The standard InChI is InChI=1S/C20H23F2N5O/c21-19-17(1-2-18(20(19)22)28-16-3-7-24-8-4-16)25-11-12-27(14-25)26-9-5-15(13-23)6-10-26/h1-4,7-8,11-12,15H,5-6,9-10,13-14,23H2. The summed E-state index contributed by atoms with van der Waals surface area (Å²) in [5.41, 5.74) is 5.92. The van der Waals surface area contributed by atoms with Crippen LogP contribution in [-0.2, 0) is 0 Å². The molecule has 6 nitrogen and oxygen atoms in total. The molecule has 0 bridgehead atoms. The Balaban J connectivity index is 1.44. The molecule has 0 atom stereocenters. The van der Waals surface area contributed by atoms with Gasteiger partial charge in [-0.15, -0.1) is 0 Å². The van der Waals surface area contributed by atoms with Crippen LogP contribution < -0.4 is 15.4 Å². The predicted octanol–water partition coefficient (Wildman–Crippen LogP) is 3.29. The lowest BCUT2D eigenvalue weighted by molar-refractivity contribution is -0.000262. The van der Waals surface area contributed by atoms with Crippen LogP contribution in [-0.4, -0.2) is 41.3 Å². The van der Waals surface area contributed by atoms with Crippen molar-refractivity contribution in [3.8, 4) is 11.5 Å². The Hall–Kier alpha value is -2.71. The Kier molecular flexibility index (Phi) is 5.40. The van der Waals surface area contributed by atoms with Crippen molar-refractivity contribution in [3.05, 3.63) is 60.7 Å². The highest BCUT2D eigenvalue weighted by Crippen LogP contribution is 2.33. The van der Waals surface area contributed by atoms with Gasteiger partial charge in [-0.2, -0.15) is 4.39 Å². The number of hydrogen-bond donors (Lipinski definition) is 1. The highest BCUT2D eigenvalue weighted by Gasteiger charge is 2.27. The number of hydrogen-bond acceptors (Lipinski definition) is 6. The van der Waals surface area contributed by atoms with Crippen molar-refractivity contribution in [2.24, 2.45) is 11.7 Å². The second-order valence-corrected chi connectivity index (χ2v) is 6.98. The Morgan fingerprint density at radius 1 is 1.04 bits per heavy atom.